The highest BCUT2D eigenvalue weighted by molar-refractivity contribution is 5.89. The van der Waals surface area contributed by atoms with Crippen molar-refractivity contribution < 1.29 is 14.7 Å². The SMILES string of the molecule is N#Cc1cccc(NC(=O)NCCCCC(=O)O)c1. The van der Waals surface area contributed by atoms with Gasteiger partial charge in [-0.1, -0.05) is 6.07 Å². The maximum absolute atomic E-state index is 11.5. The molecule has 0 aliphatic heterocycles. The number of amides is 2. The zero-order valence-corrected chi connectivity index (χ0v) is 10.3. The number of benzene rings is 1. The summed E-state index contributed by atoms with van der Waals surface area (Å²) in [5, 5.41) is 22.4. The van der Waals surface area contributed by atoms with Crippen molar-refractivity contribution in [2.24, 2.45) is 0 Å². The van der Waals surface area contributed by atoms with Gasteiger partial charge < -0.3 is 15.7 Å². The molecular formula is C13H15N3O3. The lowest BCUT2D eigenvalue weighted by Crippen LogP contribution is -2.29. The number of nitriles is 1. The fraction of sp³-hybridized carbons (Fsp3) is 0.308. The Labute approximate surface area is 111 Å². The Morgan fingerprint density at radius 2 is 2.11 bits per heavy atom. The summed E-state index contributed by atoms with van der Waals surface area (Å²) in [4.78, 5) is 21.8. The zero-order valence-electron chi connectivity index (χ0n) is 10.3. The molecule has 0 aromatic heterocycles. The number of carbonyl (C=O) groups excluding carboxylic acids is 1. The zero-order chi connectivity index (χ0) is 14.1. The van der Waals surface area contributed by atoms with E-state index in [4.69, 9.17) is 10.4 Å². The van der Waals surface area contributed by atoms with E-state index in [0.717, 1.165) is 0 Å². The topological polar surface area (TPSA) is 102 Å². The summed E-state index contributed by atoms with van der Waals surface area (Å²) in [6.45, 7) is 0.414. The molecule has 1 aromatic rings. The number of rotatable bonds is 6. The Morgan fingerprint density at radius 3 is 2.79 bits per heavy atom. The quantitative estimate of drug-likeness (QED) is 0.681. The third-order valence-electron chi connectivity index (χ3n) is 2.35. The number of nitrogens with one attached hydrogen (secondary N) is 2. The second-order valence-electron chi connectivity index (χ2n) is 3.92. The molecule has 2 amide bonds. The van der Waals surface area contributed by atoms with Gasteiger partial charge in [-0.15, -0.1) is 0 Å². The van der Waals surface area contributed by atoms with Gasteiger partial charge in [0.05, 0.1) is 11.6 Å². The molecule has 3 N–H and O–H groups in total. The lowest BCUT2D eigenvalue weighted by Gasteiger charge is -2.07. The van der Waals surface area contributed by atoms with Gasteiger partial charge in [-0.3, -0.25) is 4.79 Å². The van der Waals surface area contributed by atoms with E-state index in [1.807, 2.05) is 6.07 Å². The van der Waals surface area contributed by atoms with Gasteiger partial charge in [0.15, 0.2) is 0 Å². The number of unbranched alkanes of at least 4 members (excludes halogenated alkanes) is 1. The molecular weight excluding hydrogens is 246 g/mol. The number of carboxylic acids is 1. The van der Waals surface area contributed by atoms with Crippen LogP contribution in [0.15, 0.2) is 24.3 Å². The summed E-state index contributed by atoms with van der Waals surface area (Å²) in [5.41, 5.74) is 1.02. The molecule has 100 valence electrons. The van der Waals surface area contributed by atoms with Crippen molar-refractivity contribution in [2.45, 2.75) is 19.3 Å². The predicted octanol–water partition coefficient (Wildman–Crippen LogP) is 1.93. The smallest absolute Gasteiger partial charge is 0.319 e. The summed E-state index contributed by atoms with van der Waals surface area (Å²) in [7, 11) is 0. The van der Waals surface area contributed by atoms with Crippen LogP contribution >= 0.6 is 0 Å². The normalized spacial score (nSPS) is 9.42. The van der Waals surface area contributed by atoms with Crippen LogP contribution in [0.3, 0.4) is 0 Å². The average molecular weight is 261 g/mol. The van der Waals surface area contributed by atoms with E-state index in [1.54, 1.807) is 24.3 Å². The highest BCUT2D eigenvalue weighted by Gasteiger charge is 2.02. The molecule has 0 unspecified atom stereocenters. The number of aliphatic carboxylic acids is 1. The van der Waals surface area contributed by atoms with Crippen LogP contribution in [-0.4, -0.2) is 23.7 Å². The Kier molecular flexibility index (Phi) is 5.89. The largest absolute Gasteiger partial charge is 0.481 e. The van der Waals surface area contributed by atoms with Crippen LogP contribution in [0.25, 0.3) is 0 Å². The number of hydrogen-bond donors (Lipinski definition) is 3. The molecule has 19 heavy (non-hydrogen) atoms. The molecule has 0 heterocycles. The number of nitrogens with zero attached hydrogens (tertiary/aromatic N) is 1. The van der Waals surface area contributed by atoms with Gasteiger partial charge in [0.2, 0.25) is 0 Å². The fourth-order valence-electron chi connectivity index (χ4n) is 1.44. The minimum atomic E-state index is -0.835. The second kappa shape index (κ2) is 7.71. The second-order valence-corrected chi connectivity index (χ2v) is 3.92. The van der Waals surface area contributed by atoms with E-state index in [2.05, 4.69) is 10.6 Å². The van der Waals surface area contributed by atoms with Crippen LogP contribution < -0.4 is 10.6 Å². The molecule has 0 bridgehead atoms. The molecule has 1 rings (SSSR count). The van der Waals surface area contributed by atoms with E-state index >= 15 is 0 Å². The van der Waals surface area contributed by atoms with E-state index in [1.165, 1.54) is 0 Å². The van der Waals surface area contributed by atoms with Gasteiger partial charge in [-0.25, -0.2) is 4.79 Å². The molecule has 0 atom stereocenters. The maximum Gasteiger partial charge on any atom is 0.319 e. The van der Waals surface area contributed by atoms with Crippen molar-refractivity contribution in [2.75, 3.05) is 11.9 Å². The first-order valence-electron chi connectivity index (χ1n) is 5.88. The van der Waals surface area contributed by atoms with Crippen LogP contribution in [0.4, 0.5) is 10.5 Å². The van der Waals surface area contributed by atoms with Crippen molar-refractivity contribution >= 4 is 17.7 Å². The van der Waals surface area contributed by atoms with Crippen LogP contribution in [0, 0.1) is 11.3 Å². The average Bonchev–Trinajstić information content (AvgIpc) is 2.38. The number of carbonyl (C=O) groups is 2. The van der Waals surface area contributed by atoms with Crippen molar-refractivity contribution in [1.82, 2.24) is 5.32 Å². The van der Waals surface area contributed by atoms with Gasteiger partial charge in [-0.2, -0.15) is 5.26 Å². The minimum Gasteiger partial charge on any atom is -0.481 e. The third kappa shape index (κ3) is 6.07. The van der Waals surface area contributed by atoms with Crippen LogP contribution in [-0.2, 0) is 4.79 Å². The first-order valence-corrected chi connectivity index (χ1v) is 5.88. The highest BCUT2D eigenvalue weighted by Crippen LogP contribution is 2.09. The molecule has 0 radical (unpaired) electrons. The van der Waals surface area contributed by atoms with Gasteiger partial charge >= 0.3 is 12.0 Å². The van der Waals surface area contributed by atoms with Crippen molar-refractivity contribution in [3.05, 3.63) is 29.8 Å². The number of hydrogen-bond acceptors (Lipinski definition) is 3. The van der Waals surface area contributed by atoms with Crippen LogP contribution in [0.5, 0.6) is 0 Å². The lowest BCUT2D eigenvalue weighted by molar-refractivity contribution is -0.137. The molecule has 0 fully saturated rings. The number of anilines is 1. The number of urea groups is 1. The monoisotopic (exact) mass is 261 g/mol. The highest BCUT2D eigenvalue weighted by atomic mass is 16.4. The van der Waals surface area contributed by atoms with Crippen LogP contribution in [0.1, 0.15) is 24.8 Å². The fourth-order valence-corrected chi connectivity index (χ4v) is 1.44. The van der Waals surface area contributed by atoms with Gasteiger partial charge in [0, 0.05) is 18.7 Å². The van der Waals surface area contributed by atoms with E-state index < -0.39 is 5.97 Å². The van der Waals surface area contributed by atoms with Crippen molar-refractivity contribution in [3.63, 3.8) is 0 Å². The molecule has 0 spiro atoms. The molecule has 0 saturated heterocycles. The van der Waals surface area contributed by atoms with Gasteiger partial charge in [0.25, 0.3) is 0 Å². The third-order valence-corrected chi connectivity index (χ3v) is 2.35. The Bertz CT molecular complexity index is 494. The van der Waals surface area contributed by atoms with E-state index in [9.17, 15) is 9.59 Å². The molecule has 0 saturated carbocycles. The summed E-state index contributed by atoms with van der Waals surface area (Å²) in [5.74, 6) is -0.835. The maximum atomic E-state index is 11.5. The summed E-state index contributed by atoms with van der Waals surface area (Å²) >= 11 is 0. The summed E-state index contributed by atoms with van der Waals surface area (Å²) in [6.07, 6.45) is 1.24. The Balaban J connectivity index is 2.27. The van der Waals surface area contributed by atoms with Crippen molar-refractivity contribution in [3.8, 4) is 6.07 Å². The predicted molar refractivity (Wildman–Crippen MR) is 69.7 cm³/mol. The Morgan fingerprint density at radius 1 is 1.32 bits per heavy atom. The minimum absolute atomic E-state index is 0.105. The molecule has 0 aliphatic carbocycles. The standard InChI is InChI=1S/C13H15N3O3/c14-9-10-4-3-5-11(8-10)16-13(19)15-7-2-1-6-12(17)18/h3-5,8H,1-2,6-7H2,(H,17,18)(H2,15,16,19). The van der Waals surface area contributed by atoms with E-state index in [-0.39, 0.29) is 12.5 Å². The van der Waals surface area contributed by atoms with Gasteiger partial charge in [0.1, 0.15) is 0 Å². The van der Waals surface area contributed by atoms with Crippen LogP contribution in [0.2, 0.25) is 0 Å². The molecule has 6 nitrogen and oxygen atoms in total. The Hall–Kier alpha value is -2.55. The van der Waals surface area contributed by atoms with Gasteiger partial charge in [-0.05, 0) is 31.0 Å². The first-order chi connectivity index (χ1) is 9.11. The summed E-state index contributed by atoms with van der Waals surface area (Å²) < 4.78 is 0. The first kappa shape index (κ1) is 14.5. The van der Waals surface area contributed by atoms with Crippen molar-refractivity contribution in [1.29, 1.82) is 5.26 Å². The lowest BCUT2D eigenvalue weighted by atomic mass is 10.2. The molecule has 1 aromatic carbocycles. The van der Waals surface area contributed by atoms with E-state index in [0.29, 0.717) is 30.6 Å². The number of carboxylic acid groups (broad SMARTS) is 1. The molecule has 6 heteroatoms. The molecule has 0 aliphatic rings. The summed E-state index contributed by atoms with van der Waals surface area (Å²) in [6, 6.07) is 8.20.